The van der Waals surface area contributed by atoms with Gasteiger partial charge in [-0.1, -0.05) is 6.92 Å². The van der Waals surface area contributed by atoms with Gasteiger partial charge in [-0.25, -0.2) is 22.0 Å². The van der Waals surface area contributed by atoms with Crippen LogP contribution in [-0.2, 0) is 24.8 Å². The highest BCUT2D eigenvalue weighted by molar-refractivity contribution is 7.92. The number of amides is 1. The maximum atomic E-state index is 12.7. The third-order valence-electron chi connectivity index (χ3n) is 3.59. The van der Waals surface area contributed by atoms with Crippen molar-refractivity contribution in [1.29, 1.82) is 0 Å². The summed E-state index contributed by atoms with van der Waals surface area (Å²) in [5.41, 5.74) is 0.390. The number of nitrogens with two attached hydrogens (primary N) is 1. The van der Waals surface area contributed by atoms with Gasteiger partial charge in [-0.15, -0.1) is 0 Å². The molecule has 0 radical (unpaired) electrons. The van der Waals surface area contributed by atoms with Crippen LogP contribution in [0.4, 0.5) is 11.4 Å². The van der Waals surface area contributed by atoms with Crippen LogP contribution in [0.3, 0.4) is 0 Å². The number of ether oxygens (including phenoxy) is 1. The van der Waals surface area contributed by atoms with Crippen LogP contribution in [0, 0.1) is 0 Å². The van der Waals surface area contributed by atoms with Crippen LogP contribution in [0.5, 0.6) is 5.75 Å². The molecule has 0 fully saturated rings. The maximum absolute atomic E-state index is 12.7. The molecule has 152 valence electrons. The van der Waals surface area contributed by atoms with Crippen LogP contribution in [0.15, 0.2) is 52.3 Å². The molecule has 4 N–H and O–H groups in total. The highest BCUT2D eigenvalue weighted by Crippen LogP contribution is 2.29. The molecule has 0 atom stereocenters. The van der Waals surface area contributed by atoms with E-state index in [4.69, 9.17) is 9.88 Å². The molecule has 9 nitrogen and oxygen atoms in total. The first kappa shape index (κ1) is 21.7. The van der Waals surface area contributed by atoms with Gasteiger partial charge in [0.05, 0.1) is 22.1 Å². The Bertz CT molecular complexity index is 1060. The molecule has 0 saturated heterocycles. The number of hydrogen-bond acceptors (Lipinski definition) is 6. The predicted molar refractivity (Wildman–Crippen MR) is 105 cm³/mol. The number of carbonyl (C=O) groups is 1. The van der Waals surface area contributed by atoms with E-state index in [1.54, 1.807) is 13.8 Å². The van der Waals surface area contributed by atoms with Gasteiger partial charge >= 0.3 is 0 Å². The second-order valence-corrected chi connectivity index (χ2v) is 8.91. The molecule has 2 aromatic rings. The lowest BCUT2D eigenvalue weighted by Gasteiger charge is -2.14. The molecule has 0 aliphatic carbocycles. The van der Waals surface area contributed by atoms with Crippen molar-refractivity contribution in [2.24, 2.45) is 5.14 Å². The third-order valence-corrected chi connectivity index (χ3v) is 5.90. The van der Waals surface area contributed by atoms with Crippen LogP contribution in [-0.4, -0.2) is 29.3 Å². The minimum Gasteiger partial charge on any atom is -0.492 e. The average molecular weight is 428 g/mol. The Labute approximate surface area is 164 Å². The molecule has 11 heteroatoms. The Hall–Kier alpha value is -2.63. The van der Waals surface area contributed by atoms with Crippen molar-refractivity contribution in [3.63, 3.8) is 0 Å². The van der Waals surface area contributed by atoms with Crippen LogP contribution in [0.2, 0.25) is 0 Å². The maximum Gasteiger partial charge on any atom is 0.261 e. The number of rotatable bonds is 8. The number of sulfonamides is 2. The Kier molecular flexibility index (Phi) is 6.65. The number of hydrogen-bond donors (Lipinski definition) is 3. The summed E-state index contributed by atoms with van der Waals surface area (Å²) in [5, 5.41) is 7.63. The molecule has 0 aromatic heterocycles. The van der Waals surface area contributed by atoms with Gasteiger partial charge in [-0.2, -0.15) is 0 Å². The van der Waals surface area contributed by atoms with Gasteiger partial charge in [0.15, 0.2) is 0 Å². The van der Waals surface area contributed by atoms with E-state index in [-0.39, 0.29) is 33.5 Å². The second kappa shape index (κ2) is 8.59. The number of benzene rings is 2. The summed E-state index contributed by atoms with van der Waals surface area (Å²) in [5.74, 6) is 0.0581. The van der Waals surface area contributed by atoms with E-state index < -0.39 is 20.0 Å². The Morgan fingerprint density at radius 2 is 1.61 bits per heavy atom. The lowest BCUT2D eigenvalue weighted by atomic mass is 10.3. The zero-order chi connectivity index (χ0) is 20.9. The summed E-state index contributed by atoms with van der Waals surface area (Å²) in [6.45, 7) is 3.78. The fraction of sp³-hybridized carbons (Fsp3) is 0.235. The molecule has 0 aliphatic rings. The minimum absolute atomic E-state index is 0.0992. The molecule has 0 unspecified atom stereocenters. The zero-order valence-electron chi connectivity index (χ0n) is 15.3. The molecule has 0 spiro atoms. The monoisotopic (exact) mass is 427 g/mol. The summed E-state index contributed by atoms with van der Waals surface area (Å²) in [6, 6.07) is 9.04. The molecule has 2 rings (SSSR count). The van der Waals surface area contributed by atoms with Crippen molar-refractivity contribution < 1.29 is 26.4 Å². The summed E-state index contributed by atoms with van der Waals surface area (Å²) >= 11 is 0. The normalized spacial score (nSPS) is 11.7. The molecule has 28 heavy (non-hydrogen) atoms. The molecule has 0 aliphatic heterocycles. The SMILES string of the molecule is CCOc1ccc(S(=O)(=O)Nc2ccc(S(N)(=O)=O)cc2)cc1NC(=O)CC. The van der Waals surface area contributed by atoms with E-state index in [0.29, 0.717) is 12.4 Å². The van der Waals surface area contributed by atoms with E-state index in [9.17, 15) is 21.6 Å². The number of carbonyl (C=O) groups excluding carboxylic acids is 1. The minimum atomic E-state index is -4.00. The first-order valence-corrected chi connectivity index (χ1v) is 11.3. The fourth-order valence-corrected chi connectivity index (χ4v) is 3.82. The quantitative estimate of drug-likeness (QED) is 0.586. The Morgan fingerprint density at radius 3 is 2.14 bits per heavy atom. The van der Waals surface area contributed by atoms with Gasteiger partial charge in [0.2, 0.25) is 15.9 Å². The second-order valence-electron chi connectivity index (χ2n) is 5.67. The van der Waals surface area contributed by atoms with Crippen LogP contribution in [0.25, 0.3) is 0 Å². The van der Waals surface area contributed by atoms with Crippen molar-refractivity contribution in [3.8, 4) is 5.75 Å². The Morgan fingerprint density at radius 1 is 1.00 bits per heavy atom. The van der Waals surface area contributed by atoms with Crippen molar-refractivity contribution >= 4 is 37.3 Å². The van der Waals surface area contributed by atoms with Crippen molar-refractivity contribution in [2.75, 3.05) is 16.6 Å². The van der Waals surface area contributed by atoms with Crippen molar-refractivity contribution in [1.82, 2.24) is 0 Å². The molecular weight excluding hydrogens is 406 g/mol. The predicted octanol–water partition coefficient (Wildman–Crippen LogP) is 1.88. The van der Waals surface area contributed by atoms with E-state index in [2.05, 4.69) is 10.0 Å². The van der Waals surface area contributed by atoms with Crippen LogP contribution in [0.1, 0.15) is 20.3 Å². The van der Waals surface area contributed by atoms with Gasteiger partial charge in [0.1, 0.15) is 5.75 Å². The molecule has 2 aromatic carbocycles. The van der Waals surface area contributed by atoms with Gasteiger partial charge in [0.25, 0.3) is 10.0 Å². The van der Waals surface area contributed by atoms with Gasteiger partial charge in [-0.05, 0) is 49.4 Å². The molecule has 0 bridgehead atoms. The standard InChI is InChI=1S/C17H21N3O6S2/c1-3-17(21)19-15-11-14(9-10-16(15)26-4-2)28(24,25)20-12-5-7-13(8-6-12)27(18,22)23/h5-11,20H,3-4H2,1-2H3,(H,19,21)(H2,18,22,23). The highest BCUT2D eigenvalue weighted by atomic mass is 32.2. The van der Waals surface area contributed by atoms with E-state index in [1.807, 2.05) is 0 Å². The molecule has 0 saturated carbocycles. The number of anilines is 2. The number of primary sulfonamides is 1. The molecule has 0 heterocycles. The first-order valence-electron chi connectivity index (χ1n) is 8.29. The number of nitrogens with one attached hydrogen (secondary N) is 2. The van der Waals surface area contributed by atoms with Gasteiger partial charge in [0, 0.05) is 12.1 Å². The highest BCUT2D eigenvalue weighted by Gasteiger charge is 2.18. The van der Waals surface area contributed by atoms with Gasteiger partial charge in [-0.3, -0.25) is 9.52 Å². The van der Waals surface area contributed by atoms with E-state index in [0.717, 1.165) is 0 Å². The third kappa shape index (κ3) is 5.44. The van der Waals surface area contributed by atoms with Crippen molar-refractivity contribution in [2.45, 2.75) is 30.1 Å². The first-order chi connectivity index (χ1) is 13.1. The average Bonchev–Trinajstić information content (AvgIpc) is 2.62. The van der Waals surface area contributed by atoms with E-state index in [1.165, 1.54) is 42.5 Å². The van der Waals surface area contributed by atoms with Crippen LogP contribution >= 0.6 is 0 Å². The summed E-state index contributed by atoms with van der Waals surface area (Å²) in [4.78, 5) is 11.5. The lowest BCUT2D eigenvalue weighted by Crippen LogP contribution is -2.16. The lowest BCUT2D eigenvalue weighted by molar-refractivity contribution is -0.115. The Balaban J connectivity index is 2.34. The van der Waals surface area contributed by atoms with E-state index >= 15 is 0 Å². The summed E-state index contributed by atoms with van der Waals surface area (Å²) in [6.07, 6.45) is 0.219. The summed E-state index contributed by atoms with van der Waals surface area (Å²) in [7, 11) is -7.87. The van der Waals surface area contributed by atoms with Gasteiger partial charge < -0.3 is 10.1 Å². The van der Waals surface area contributed by atoms with Crippen molar-refractivity contribution in [3.05, 3.63) is 42.5 Å². The largest absolute Gasteiger partial charge is 0.492 e. The molecule has 1 amide bonds. The fourth-order valence-electron chi connectivity index (χ4n) is 2.22. The zero-order valence-corrected chi connectivity index (χ0v) is 16.9. The topological polar surface area (TPSA) is 145 Å². The summed E-state index contributed by atoms with van der Waals surface area (Å²) < 4.78 is 55.6. The molecular formula is C17H21N3O6S2. The smallest absolute Gasteiger partial charge is 0.261 e. The van der Waals surface area contributed by atoms with Crippen LogP contribution < -0.4 is 19.9 Å².